The number of aromatic nitrogens is 2. The van der Waals surface area contributed by atoms with Crippen LogP contribution >= 0.6 is 0 Å². The maximum Gasteiger partial charge on any atom is 0.430 e. The normalized spacial score (nSPS) is 18.1. The highest BCUT2D eigenvalue weighted by Crippen LogP contribution is 2.49. The predicted octanol–water partition coefficient (Wildman–Crippen LogP) is 3.69. The third-order valence-corrected chi connectivity index (χ3v) is 6.93. The minimum atomic E-state index is -5.02. The molecule has 8 nitrogen and oxygen atoms in total. The standard InChI is InChI=1S/C25H29F3N4O4/c1-4-36-21(33)16-23(19(17-29)20-10-13-30-31(20)2)11-14-32(15-12-23)22(34)24(35-3,25(26,27)28)18-8-6-5-7-9-18/h5-10,13,19H,4,11-12,14-16H2,1-3H3/t19?,24-/m1/s1. The first kappa shape index (κ1) is 27.2. The van der Waals surface area contributed by atoms with Gasteiger partial charge in [-0.2, -0.15) is 23.5 Å². The van der Waals surface area contributed by atoms with E-state index < -0.39 is 35.0 Å². The van der Waals surface area contributed by atoms with Crippen molar-refractivity contribution in [2.24, 2.45) is 12.5 Å². The van der Waals surface area contributed by atoms with Crippen molar-refractivity contribution in [3.63, 3.8) is 0 Å². The van der Waals surface area contributed by atoms with Crippen LogP contribution in [0.4, 0.5) is 13.2 Å². The number of esters is 1. The molecule has 2 atom stereocenters. The lowest BCUT2D eigenvalue weighted by Gasteiger charge is -2.46. The van der Waals surface area contributed by atoms with Crippen LogP contribution in [0.5, 0.6) is 0 Å². The Bertz CT molecular complexity index is 1100. The van der Waals surface area contributed by atoms with E-state index in [-0.39, 0.29) is 44.5 Å². The highest BCUT2D eigenvalue weighted by atomic mass is 19.4. The van der Waals surface area contributed by atoms with Crippen molar-refractivity contribution in [2.75, 3.05) is 26.8 Å². The molecule has 0 saturated carbocycles. The van der Waals surface area contributed by atoms with E-state index in [1.165, 1.54) is 35.1 Å². The Morgan fingerprint density at radius 1 is 1.19 bits per heavy atom. The molecule has 194 valence electrons. The first-order chi connectivity index (χ1) is 17.1. The third kappa shape index (κ3) is 4.82. The number of nitriles is 1. The van der Waals surface area contributed by atoms with E-state index in [1.807, 2.05) is 0 Å². The van der Waals surface area contributed by atoms with Crippen LogP contribution in [0, 0.1) is 16.7 Å². The van der Waals surface area contributed by atoms with Gasteiger partial charge in [0.1, 0.15) is 0 Å². The van der Waals surface area contributed by atoms with Crippen LogP contribution in [0.15, 0.2) is 42.6 Å². The zero-order valence-corrected chi connectivity index (χ0v) is 20.4. The Morgan fingerprint density at radius 2 is 1.83 bits per heavy atom. The van der Waals surface area contributed by atoms with Crippen molar-refractivity contribution in [1.82, 2.24) is 14.7 Å². The monoisotopic (exact) mass is 506 g/mol. The summed E-state index contributed by atoms with van der Waals surface area (Å²) in [6.07, 6.45) is -3.36. The van der Waals surface area contributed by atoms with E-state index in [0.717, 1.165) is 12.0 Å². The lowest BCUT2D eigenvalue weighted by molar-refractivity contribution is -0.271. The first-order valence-electron chi connectivity index (χ1n) is 11.6. The molecule has 2 aromatic rings. The third-order valence-electron chi connectivity index (χ3n) is 6.93. The lowest BCUT2D eigenvalue weighted by atomic mass is 9.65. The summed E-state index contributed by atoms with van der Waals surface area (Å²) >= 11 is 0. The molecule has 1 aliphatic rings. The van der Waals surface area contributed by atoms with Crippen LogP contribution < -0.4 is 0 Å². The fourth-order valence-electron chi connectivity index (χ4n) is 5.03. The van der Waals surface area contributed by atoms with Crippen molar-refractivity contribution in [3.8, 4) is 6.07 Å². The molecule has 1 saturated heterocycles. The van der Waals surface area contributed by atoms with Gasteiger partial charge in [-0.15, -0.1) is 0 Å². The Morgan fingerprint density at radius 3 is 2.31 bits per heavy atom. The number of nitrogens with zero attached hydrogens (tertiary/aromatic N) is 4. The molecular formula is C25H29F3N4O4. The number of amides is 1. The summed E-state index contributed by atoms with van der Waals surface area (Å²) < 4.78 is 54.8. The van der Waals surface area contributed by atoms with E-state index >= 15 is 0 Å². The maximum absolute atomic E-state index is 14.4. The second-order valence-corrected chi connectivity index (χ2v) is 8.83. The Labute approximate surface area is 207 Å². The van der Waals surface area contributed by atoms with Gasteiger partial charge in [-0.1, -0.05) is 30.3 Å². The molecule has 1 fully saturated rings. The zero-order chi connectivity index (χ0) is 26.6. The fraction of sp³-hybridized carbons (Fsp3) is 0.520. The Balaban J connectivity index is 1.96. The van der Waals surface area contributed by atoms with E-state index in [2.05, 4.69) is 11.2 Å². The molecule has 1 aromatic carbocycles. The molecule has 11 heteroatoms. The van der Waals surface area contributed by atoms with E-state index in [0.29, 0.717) is 5.69 Å². The maximum atomic E-state index is 14.4. The Hall–Kier alpha value is -3.39. The number of methoxy groups -OCH3 is 1. The van der Waals surface area contributed by atoms with Gasteiger partial charge in [0.15, 0.2) is 0 Å². The largest absolute Gasteiger partial charge is 0.466 e. The highest BCUT2D eigenvalue weighted by Gasteiger charge is 2.64. The first-order valence-corrected chi connectivity index (χ1v) is 11.6. The molecular weight excluding hydrogens is 477 g/mol. The molecule has 1 unspecified atom stereocenters. The summed E-state index contributed by atoms with van der Waals surface area (Å²) in [6.45, 7) is 1.63. The summed E-state index contributed by atoms with van der Waals surface area (Å²) in [5.74, 6) is -2.52. The fourth-order valence-corrected chi connectivity index (χ4v) is 5.03. The van der Waals surface area contributed by atoms with Gasteiger partial charge < -0.3 is 14.4 Å². The van der Waals surface area contributed by atoms with Crippen LogP contribution in [-0.2, 0) is 31.7 Å². The van der Waals surface area contributed by atoms with Crippen LogP contribution in [0.25, 0.3) is 0 Å². The minimum Gasteiger partial charge on any atom is -0.466 e. The Kier molecular flexibility index (Phi) is 8.09. The number of alkyl halides is 3. The summed E-state index contributed by atoms with van der Waals surface area (Å²) in [4.78, 5) is 27.1. The van der Waals surface area contributed by atoms with Gasteiger partial charge in [0.05, 0.1) is 30.7 Å². The SMILES string of the molecule is CCOC(=O)CC1(C(C#N)c2ccnn2C)CCN(C(=O)[C@](OC)(c2ccccc2)C(F)(F)F)CC1. The molecule has 1 amide bonds. The molecule has 0 bridgehead atoms. The summed E-state index contributed by atoms with van der Waals surface area (Å²) in [6, 6.07) is 10.7. The minimum absolute atomic E-state index is 0.0949. The molecule has 0 aliphatic carbocycles. The summed E-state index contributed by atoms with van der Waals surface area (Å²) in [7, 11) is 2.54. The van der Waals surface area contributed by atoms with Crippen LogP contribution in [0.2, 0.25) is 0 Å². The van der Waals surface area contributed by atoms with E-state index in [9.17, 15) is 28.0 Å². The summed E-state index contributed by atoms with van der Waals surface area (Å²) in [5, 5.41) is 14.2. The second kappa shape index (κ2) is 10.7. The van der Waals surface area contributed by atoms with Gasteiger partial charge in [0.2, 0.25) is 0 Å². The number of piperidine rings is 1. The average Bonchev–Trinajstić information content (AvgIpc) is 3.26. The van der Waals surface area contributed by atoms with Crippen molar-refractivity contribution >= 4 is 11.9 Å². The average molecular weight is 507 g/mol. The molecule has 36 heavy (non-hydrogen) atoms. The predicted molar refractivity (Wildman–Crippen MR) is 122 cm³/mol. The van der Waals surface area contributed by atoms with Crippen molar-refractivity contribution in [2.45, 2.75) is 43.9 Å². The smallest absolute Gasteiger partial charge is 0.430 e. The van der Waals surface area contributed by atoms with Crippen molar-refractivity contribution < 1.29 is 32.2 Å². The molecule has 3 rings (SSSR count). The molecule has 0 spiro atoms. The molecule has 0 N–H and O–H groups in total. The van der Waals surface area contributed by atoms with E-state index in [1.54, 1.807) is 26.1 Å². The van der Waals surface area contributed by atoms with Crippen molar-refractivity contribution in [3.05, 3.63) is 53.9 Å². The number of carbonyl (C=O) groups excluding carboxylic acids is 2. The van der Waals surface area contributed by atoms with Crippen LogP contribution in [0.1, 0.15) is 43.4 Å². The van der Waals surface area contributed by atoms with Gasteiger partial charge in [-0.25, -0.2) is 0 Å². The number of hydrogen-bond donors (Lipinski definition) is 0. The number of ether oxygens (including phenoxy) is 2. The summed E-state index contributed by atoms with van der Waals surface area (Å²) in [5.41, 5.74) is -3.87. The number of likely N-dealkylation sites (tertiary alicyclic amines) is 1. The van der Waals surface area contributed by atoms with Crippen molar-refractivity contribution in [1.29, 1.82) is 5.26 Å². The number of halogens is 3. The van der Waals surface area contributed by atoms with Crippen LogP contribution in [0.3, 0.4) is 0 Å². The number of rotatable bonds is 8. The van der Waals surface area contributed by atoms with Gasteiger partial charge in [-0.05, 0) is 25.8 Å². The highest BCUT2D eigenvalue weighted by molar-refractivity contribution is 5.88. The molecule has 2 heterocycles. The van der Waals surface area contributed by atoms with Gasteiger partial charge in [0.25, 0.3) is 11.5 Å². The quantitative estimate of drug-likeness (QED) is 0.507. The van der Waals surface area contributed by atoms with Gasteiger partial charge >= 0.3 is 12.1 Å². The number of carbonyl (C=O) groups is 2. The molecule has 1 aliphatic heterocycles. The van der Waals surface area contributed by atoms with Gasteiger partial charge in [-0.3, -0.25) is 14.3 Å². The topological polar surface area (TPSA) is 97.5 Å². The molecule has 1 aromatic heterocycles. The number of benzene rings is 1. The lowest BCUT2D eigenvalue weighted by Crippen LogP contribution is -2.59. The van der Waals surface area contributed by atoms with Gasteiger partial charge in [0, 0.05) is 44.4 Å². The second-order valence-electron chi connectivity index (χ2n) is 8.83. The number of hydrogen-bond acceptors (Lipinski definition) is 6. The molecule has 0 radical (unpaired) electrons. The zero-order valence-electron chi connectivity index (χ0n) is 20.4. The van der Waals surface area contributed by atoms with Crippen LogP contribution in [-0.4, -0.2) is 59.5 Å². The van der Waals surface area contributed by atoms with E-state index in [4.69, 9.17) is 9.47 Å². The number of aryl methyl sites for hydroxylation is 1.